The maximum Gasteiger partial charge on any atom is 0.234 e. The van der Waals surface area contributed by atoms with Gasteiger partial charge in [0.25, 0.3) is 0 Å². The van der Waals surface area contributed by atoms with Gasteiger partial charge < -0.3 is 15.2 Å². The topological polar surface area (TPSA) is 88.9 Å². The van der Waals surface area contributed by atoms with E-state index in [2.05, 4.69) is 20.8 Å². The van der Waals surface area contributed by atoms with Crippen LogP contribution in [0.5, 0.6) is 0 Å². The van der Waals surface area contributed by atoms with Gasteiger partial charge in [-0.25, -0.2) is 0 Å². The minimum Gasteiger partial charge on any atom is -0.325 e. The van der Waals surface area contributed by atoms with Crippen LogP contribution < -0.4 is 10.6 Å². The number of carbonyl (C=O) groups is 2. The van der Waals surface area contributed by atoms with Gasteiger partial charge in [0.15, 0.2) is 5.16 Å². The quantitative estimate of drug-likeness (QED) is 0.498. The summed E-state index contributed by atoms with van der Waals surface area (Å²) in [5.41, 5.74) is 3.64. The summed E-state index contributed by atoms with van der Waals surface area (Å²) in [5, 5.41) is 14.6. The van der Waals surface area contributed by atoms with Gasteiger partial charge in [0.2, 0.25) is 11.8 Å². The summed E-state index contributed by atoms with van der Waals surface area (Å²) in [6.07, 6.45) is 2.09. The van der Waals surface area contributed by atoms with Crippen LogP contribution in [-0.2, 0) is 23.1 Å². The summed E-state index contributed by atoms with van der Waals surface area (Å²) < 4.78 is 1.75. The Hall–Kier alpha value is -2.78. The van der Waals surface area contributed by atoms with Crippen LogP contribution in [0.25, 0.3) is 0 Å². The number of hydrogen-bond donors (Lipinski definition) is 2. The summed E-state index contributed by atoms with van der Waals surface area (Å²) in [4.78, 5) is 25.8. The number of hydrogen-bond acceptors (Lipinski definition) is 6. The number of rotatable bonds is 8. The zero-order chi connectivity index (χ0) is 22.4. The van der Waals surface area contributed by atoms with Crippen molar-refractivity contribution in [2.45, 2.75) is 30.3 Å². The highest BCUT2D eigenvalue weighted by Crippen LogP contribution is 2.21. The van der Waals surface area contributed by atoms with E-state index in [0.29, 0.717) is 11.0 Å². The lowest BCUT2D eigenvalue weighted by Crippen LogP contribution is -2.18. The average molecular weight is 456 g/mol. The highest BCUT2D eigenvalue weighted by molar-refractivity contribution is 7.99. The third-order valence-corrected chi connectivity index (χ3v) is 6.34. The van der Waals surface area contributed by atoms with Gasteiger partial charge in [0, 0.05) is 23.3 Å². The normalized spacial score (nSPS) is 10.7. The molecule has 0 saturated heterocycles. The largest absolute Gasteiger partial charge is 0.325 e. The summed E-state index contributed by atoms with van der Waals surface area (Å²) >= 11 is 2.90. The van der Waals surface area contributed by atoms with Crippen molar-refractivity contribution < 1.29 is 9.59 Å². The molecule has 2 N–H and O–H groups in total. The Morgan fingerprint density at radius 3 is 2.61 bits per heavy atom. The van der Waals surface area contributed by atoms with Gasteiger partial charge >= 0.3 is 0 Å². The van der Waals surface area contributed by atoms with Crippen molar-refractivity contribution >= 4 is 46.7 Å². The SMILES string of the molecule is CSc1cccc(NC(=O)CSc2nnc(CC(=O)Nc3cc(C)ccc3C)n2C)c1. The van der Waals surface area contributed by atoms with Crippen molar-refractivity contribution in [1.82, 2.24) is 14.8 Å². The Balaban J connectivity index is 1.55. The fourth-order valence-corrected chi connectivity index (χ4v) is 4.05. The summed E-state index contributed by atoms with van der Waals surface area (Å²) in [7, 11) is 1.79. The van der Waals surface area contributed by atoms with E-state index in [9.17, 15) is 9.59 Å². The molecule has 0 aliphatic rings. The monoisotopic (exact) mass is 455 g/mol. The molecule has 0 bridgehead atoms. The summed E-state index contributed by atoms with van der Waals surface area (Å²) in [5.74, 6) is 0.454. The van der Waals surface area contributed by atoms with Gasteiger partial charge in [0.05, 0.1) is 12.2 Å². The number of carbonyl (C=O) groups excluding carboxylic acids is 2. The molecule has 162 valence electrons. The Labute approximate surface area is 190 Å². The number of aryl methyl sites for hydroxylation is 2. The average Bonchev–Trinajstić information content (AvgIpc) is 3.08. The van der Waals surface area contributed by atoms with E-state index in [1.807, 2.05) is 62.6 Å². The van der Waals surface area contributed by atoms with E-state index in [0.717, 1.165) is 27.4 Å². The summed E-state index contributed by atoms with van der Waals surface area (Å²) in [6.45, 7) is 3.94. The molecule has 9 heteroatoms. The van der Waals surface area contributed by atoms with E-state index in [1.54, 1.807) is 23.4 Å². The zero-order valence-corrected chi connectivity index (χ0v) is 19.6. The first-order valence-corrected chi connectivity index (χ1v) is 11.9. The Kier molecular flexibility index (Phi) is 7.75. The maximum atomic E-state index is 12.5. The fourth-order valence-electron chi connectivity index (χ4n) is 2.86. The van der Waals surface area contributed by atoms with Gasteiger partial charge in [-0.05, 0) is 55.5 Å². The van der Waals surface area contributed by atoms with Gasteiger partial charge in [0.1, 0.15) is 5.82 Å². The molecule has 1 aromatic heterocycles. The van der Waals surface area contributed by atoms with Crippen LogP contribution in [0.2, 0.25) is 0 Å². The molecule has 0 spiro atoms. The van der Waals surface area contributed by atoms with Crippen molar-refractivity contribution in [3.8, 4) is 0 Å². The van der Waals surface area contributed by atoms with Crippen LogP contribution in [0, 0.1) is 13.8 Å². The van der Waals surface area contributed by atoms with Crippen LogP contribution in [0.4, 0.5) is 11.4 Å². The number of thioether (sulfide) groups is 2. The number of nitrogens with one attached hydrogen (secondary N) is 2. The zero-order valence-electron chi connectivity index (χ0n) is 17.9. The first-order valence-electron chi connectivity index (χ1n) is 9.68. The first kappa shape index (κ1) is 22.9. The molecule has 3 aromatic rings. The van der Waals surface area contributed by atoms with E-state index >= 15 is 0 Å². The minimum atomic E-state index is -0.160. The molecular formula is C22H25N5O2S2. The summed E-state index contributed by atoms with van der Waals surface area (Å²) in [6, 6.07) is 13.6. The minimum absolute atomic E-state index is 0.102. The van der Waals surface area contributed by atoms with Gasteiger partial charge in [-0.1, -0.05) is 30.0 Å². The molecule has 1 heterocycles. The smallest absolute Gasteiger partial charge is 0.234 e. The van der Waals surface area contributed by atoms with Crippen LogP contribution in [-0.4, -0.2) is 38.6 Å². The molecule has 0 atom stereocenters. The van der Waals surface area contributed by atoms with E-state index in [-0.39, 0.29) is 24.0 Å². The molecule has 2 aromatic carbocycles. The van der Waals surface area contributed by atoms with E-state index in [1.165, 1.54) is 11.8 Å². The third-order valence-electron chi connectivity index (χ3n) is 4.60. The second kappa shape index (κ2) is 10.5. The standard InChI is InChI=1S/C22H25N5O2S2/c1-14-8-9-15(2)18(10-14)24-20(28)12-19-25-26-22(27(19)3)31-13-21(29)23-16-6-5-7-17(11-16)30-4/h5-11H,12-13H2,1-4H3,(H,23,29)(H,24,28). The molecule has 31 heavy (non-hydrogen) atoms. The molecule has 2 amide bonds. The Morgan fingerprint density at radius 1 is 1.03 bits per heavy atom. The van der Waals surface area contributed by atoms with E-state index in [4.69, 9.17) is 0 Å². The number of anilines is 2. The lowest BCUT2D eigenvalue weighted by Gasteiger charge is -2.09. The molecule has 0 saturated carbocycles. The van der Waals surface area contributed by atoms with Crippen LogP contribution >= 0.6 is 23.5 Å². The molecule has 7 nitrogen and oxygen atoms in total. The van der Waals surface area contributed by atoms with Crippen LogP contribution in [0.1, 0.15) is 17.0 Å². The highest BCUT2D eigenvalue weighted by Gasteiger charge is 2.15. The maximum absolute atomic E-state index is 12.5. The highest BCUT2D eigenvalue weighted by atomic mass is 32.2. The number of nitrogens with zero attached hydrogens (tertiary/aromatic N) is 3. The predicted molar refractivity (Wildman–Crippen MR) is 127 cm³/mol. The fraction of sp³-hybridized carbons (Fsp3) is 0.273. The number of aromatic nitrogens is 3. The number of benzene rings is 2. The predicted octanol–water partition coefficient (Wildman–Crippen LogP) is 4.07. The second-order valence-corrected chi connectivity index (χ2v) is 8.89. The Morgan fingerprint density at radius 2 is 1.84 bits per heavy atom. The van der Waals surface area contributed by atoms with Gasteiger partial charge in [-0.3, -0.25) is 9.59 Å². The van der Waals surface area contributed by atoms with Crippen molar-refractivity contribution in [3.05, 3.63) is 59.4 Å². The molecule has 0 fully saturated rings. The van der Waals surface area contributed by atoms with Crippen molar-refractivity contribution in [2.24, 2.45) is 7.05 Å². The van der Waals surface area contributed by atoms with Gasteiger partial charge in [-0.15, -0.1) is 22.0 Å². The molecular weight excluding hydrogens is 430 g/mol. The van der Waals surface area contributed by atoms with Crippen LogP contribution in [0.3, 0.4) is 0 Å². The Bertz CT molecular complexity index is 1100. The van der Waals surface area contributed by atoms with Crippen molar-refractivity contribution in [2.75, 3.05) is 22.6 Å². The lowest BCUT2D eigenvalue weighted by molar-refractivity contribution is -0.116. The molecule has 0 aliphatic carbocycles. The van der Waals surface area contributed by atoms with Crippen molar-refractivity contribution in [1.29, 1.82) is 0 Å². The van der Waals surface area contributed by atoms with Crippen LogP contribution in [0.15, 0.2) is 52.5 Å². The molecule has 0 aliphatic heterocycles. The molecule has 0 unspecified atom stereocenters. The molecule has 3 rings (SSSR count). The lowest BCUT2D eigenvalue weighted by atomic mass is 10.1. The van der Waals surface area contributed by atoms with E-state index < -0.39 is 0 Å². The van der Waals surface area contributed by atoms with Gasteiger partial charge in [-0.2, -0.15) is 0 Å². The number of amides is 2. The molecule has 0 radical (unpaired) electrons. The second-order valence-electron chi connectivity index (χ2n) is 7.07. The first-order chi connectivity index (χ1) is 14.9. The van der Waals surface area contributed by atoms with Crippen molar-refractivity contribution in [3.63, 3.8) is 0 Å². The third kappa shape index (κ3) is 6.35.